The Kier molecular flexibility index (Phi) is 8.97. The lowest BCUT2D eigenvalue weighted by atomic mass is 9.99. The molecule has 0 unspecified atom stereocenters. The van der Waals surface area contributed by atoms with Gasteiger partial charge in [0, 0.05) is 35.9 Å². The second kappa shape index (κ2) is 13.0. The summed E-state index contributed by atoms with van der Waals surface area (Å²) in [5.41, 5.74) is 7.05. The van der Waals surface area contributed by atoms with E-state index < -0.39 is 5.97 Å². The third kappa shape index (κ3) is 6.52. The van der Waals surface area contributed by atoms with Crippen LogP contribution in [0.1, 0.15) is 38.3 Å². The highest BCUT2D eigenvalue weighted by molar-refractivity contribution is 6.37. The van der Waals surface area contributed by atoms with E-state index in [1.54, 1.807) is 42.5 Å². The number of nitrogens with one attached hydrogen (secondary N) is 3. The summed E-state index contributed by atoms with van der Waals surface area (Å²) in [7, 11) is 5.51. The van der Waals surface area contributed by atoms with Gasteiger partial charge in [-0.05, 0) is 69.0 Å². The van der Waals surface area contributed by atoms with E-state index in [9.17, 15) is 14.4 Å². The molecule has 2 aliphatic heterocycles. The van der Waals surface area contributed by atoms with E-state index in [1.807, 2.05) is 30.3 Å². The molecule has 0 radical (unpaired) electrons. The second-order valence-electron chi connectivity index (χ2n) is 10.5. The molecule has 2 heterocycles. The Hall–Kier alpha value is -4.51. The van der Waals surface area contributed by atoms with Crippen molar-refractivity contribution in [1.82, 2.24) is 15.3 Å². The predicted molar refractivity (Wildman–Crippen MR) is 162 cm³/mol. The topological polar surface area (TPSA) is 112 Å². The average molecular weight is 570 g/mol. The highest BCUT2D eigenvalue weighted by Crippen LogP contribution is 2.38. The van der Waals surface area contributed by atoms with E-state index in [-0.39, 0.29) is 11.8 Å². The van der Waals surface area contributed by atoms with E-state index in [1.165, 1.54) is 7.11 Å². The summed E-state index contributed by atoms with van der Waals surface area (Å²) in [4.78, 5) is 47.9. The van der Waals surface area contributed by atoms with Crippen molar-refractivity contribution in [2.45, 2.75) is 12.5 Å². The molecule has 2 amide bonds. The molecule has 5 rings (SSSR count). The van der Waals surface area contributed by atoms with Crippen molar-refractivity contribution in [2.75, 3.05) is 58.1 Å². The van der Waals surface area contributed by atoms with Crippen LogP contribution in [-0.4, -0.2) is 81.1 Å². The summed E-state index contributed by atoms with van der Waals surface area (Å²) in [5, 5.41) is 6.23. The number of anilines is 2. The lowest BCUT2D eigenvalue weighted by Gasteiger charge is -2.20. The van der Waals surface area contributed by atoms with Gasteiger partial charge in [-0.3, -0.25) is 19.3 Å². The minimum atomic E-state index is -0.481. The molecule has 0 saturated carbocycles. The van der Waals surface area contributed by atoms with E-state index in [0.29, 0.717) is 52.0 Å². The first-order chi connectivity index (χ1) is 20.3. The molecule has 10 heteroatoms. The molecule has 3 aromatic carbocycles. The van der Waals surface area contributed by atoms with Crippen LogP contribution >= 0.6 is 0 Å². The number of likely N-dealkylation sites (N-methyl/N-ethyl adjacent to an activating group) is 1. The zero-order chi connectivity index (χ0) is 29.6. The fourth-order valence-corrected chi connectivity index (χ4v) is 5.19. The van der Waals surface area contributed by atoms with Gasteiger partial charge in [0.05, 0.1) is 36.2 Å². The summed E-state index contributed by atoms with van der Waals surface area (Å²) in [6.45, 7) is 3.19. The molecule has 1 atom stereocenters. The molecule has 3 N–H and O–H groups in total. The van der Waals surface area contributed by atoms with Crippen molar-refractivity contribution in [3.63, 3.8) is 0 Å². The minimum absolute atomic E-state index is 0.294. The maximum atomic E-state index is 13.2. The third-order valence-electron chi connectivity index (χ3n) is 7.57. The van der Waals surface area contributed by atoms with Crippen molar-refractivity contribution in [3.8, 4) is 0 Å². The summed E-state index contributed by atoms with van der Waals surface area (Å²) in [6, 6.07) is 22.0. The Morgan fingerprint density at radius 3 is 2.43 bits per heavy atom. The van der Waals surface area contributed by atoms with Crippen LogP contribution in [0, 0.1) is 0 Å². The number of hydroxylamine groups is 1. The van der Waals surface area contributed by atoms with Crippen molar-refractivity contribution in [2.24, 2.45) is 0 Å². The lowest BCUT2D eigenvalue weighted by Crippen LogP contribution is -2.34. The van der Waals surface area contributed by atoms with Gasteiger partial charge in [-0.1, -0.05) is 36.4 Å². The maximum Gasteiger partial charge on any atom is 0.337 e. The number of benzene rings is 3. The molecule has 2 aliphatic rings. The SMILES string of the molecule is COC(=O)c1ccc2c(c1)NC(=O)/C2=C(\Nc1ccc(C(=O)NOCCN2CC[C@H](N(C)C)C2)cc1)c1ccccc1. The summed E-state index contributed by atoms with van der Waals surface area (Å²) < 4.78 is 4.82. The molecule has 1 fully saturated rings. The molecule has 0 aliphatic carbocycles. The number of ether oxygens (including phenoxy) is 1. The van der Waals surface area contributed by atoms with Crippen molar-refractivity contribution in [3.05, 3.63) is 95.1 Å². The van der Waals surface area contributed by atoms with Crippen LogP contribution < -0.4 is 16.1 Å². The number of carbonyl (C=O) groups is 3. The summed E-state index contributed by atoms with van der Waals surface area (Å²) in [5.74, 6) is -1.11. The van der Waals surface area contributed by atoms with Gasteiger partial charge in [-0.25, -0.2) is 10.3 Å². The molecule has 0 spiro atoms. The molecule has 0 bridgehead atoms. The van der Waals surface area contributed by atoms with E-state index in [2.05, 4.69) is 40.0 Å². The first-order valence-corrected chi connectivity index (χ1v) is 13.9. The lowest BCUT2D eigenvalue weighted by molar-refractivity contribution is -0.110. The fourth-order valence-electron chi connectivity index (χ4n) is 5.19. The number of rotatable bonds is 10. The smallest absolute Gasteiger partial charge is 0.337 e. The van der Waals surface area contributed by atoms with Gasteiger partial charge < -0.3 is 20.3 Å². The van der Waals surface area contributed by atoms with Gasteiger partial charge >= 0.3 is 5.97 Å². The second-order valence-corrected chi connectivity index (χ2v) is 10.5. The fraction of sp³-hybridized carbons (Fsp3) is 0.281. The number of nitrogens with zero attached hydrogens (tertiary/aromatic N) is 2. The molecular formula is C32H35N5O5. The largest absolute Gasteiger partial charge is 0.465 e. The van der Waals surface area contributed by atoms with Crippen LogP contribution in [0.25, 0.3) is 11.3 Å². The normalized spacial score (nSPS) is 17.5. The maximum absolute atomic E-state index is 13.2. The zero-order valence-electron chi connectivity index (χ0n) is 24.0. The zero-order valence-corrected chi connectivity index (χ0v) is 24.0. The Bertz CT molecular complexity index is 1490. The van der Waals surface area contributed by atoms with Gasteiger partial charge in [0.25, 0.3) is 11.8 Å². The highest BCUT2D eigenvalue weighted by Gasteiger charge is 2.29. The number of fused-ring (bicyclic) bond motifs is 1. The van der Waals surface area contributed by atoms with Crippen LogP contribution in [0.15, 0.2) is 72.8 Å². The molecule has 0 aromatic heterocycles. The predicted octanol–water partition coefficient (Wildman–Crippen LogP) is 3.70. The quantitative estimate of drug-likeness (QED) is 0.147. The number of likely N-dealkylation sites (tertiary alicyclic amines) is 1. The molecule has 3 aromatic rings. The number of carbonyl (C=O) groups excluding carboxylic acids is 3. The average Bonchev–Trinajstić information content (AvgIpc) is 3.62. The van der Waals surface area contributed by atoms with E-state index in [4.69, 9.17) is 9.57 Å². The monoisotopic (exact) mass is 569 g/mol. The van der Waals surface area contributed by atoms with Gasteiger partial charge in [-0.15, -0.1) is 0 Å². The molecule has 218 valence electrons. The highest BCUT2D eigenvalue weighted by atomic mass is 16.7. The van der Waals surface area contributed by atoms with Crippen LogP contribution in [0.2, 0.25) is 0 Å². The molecule has 10 nitrogen and oxygen atoms in total. The third-order valence-corrected chi connectivity index (χ3v) is 7.57. The summed E-state index contributed by atoms with van der Waals surface area (Å²) >= 11 is 0. The van der Waals surface area contributed by atoms with Gasteiger partial charge in [0.15, 0.2) is 0 Å². The number of amides is 2. The first-order valence-electron chi connectivity index (χ1n) is 13.9. The number of hydrogen-bond donors (Lipinski definition) is 3. The Labute approximate surface area is 245 Å². The van der Waals surface area contributed by atoms with Crippen LogP contribution in [0.3, 0.4) is 0 Å². The van der Waals surface area contributed by atoms with E-state index >= 15 is 0 Å². The van der Waals surface area contributed by atoms with Crippen molar-refractivity contribution in [1.29, 1.82) is 0 Å². The van der Waals surface area contributed by atoms with Crippen molar-refractivity contribution < 1.29 is 24.0 Å². The van der Waals surface area contributed by atoms with Gasteiger partial charge in [0.2, 0.25) is 0 Å². The minimum Gasteiger partial charge on any atom is -0.465 e. The molecule has 42 heavy (non-hydrogen) atoms. The Balaban J connectivity index is 1.28. The Morgan fingerprint density at radius 2 is 1.74 bits per heavy atom. The molecule has 1 saturated heterocycles. The van der Waals surface area contributed by atoms with Gasteiger partial charge in [-0.2, -0.15) is 0 Å². The first kappa shape index (κ1) is 29.0. The van der Waals surface area contributed by atoms with Crippen molar-refractivity contribution >= 4 is 40.4 Å². The number of hydrogen-bond acceptors (Lipinski definition) is 8. The van der Waals surface area contributed by atoms with Crippen LogP contribution in [0.5, 0.6) is 0 Å². The van der Waals surface area contributed by atoms with E-state index in [0.717, 1.165) is 31.6 Å². The summed E-state index contributed by atoms with van der Waals surface area (Å²) in [6.07, 6.45) is 1.13. The van der Waals surface area contributed by atoms with Crippen LogP contribution in [0.4, 0.5) is 11.4 Å². The van der Waals surface area contributed by atoms with Gasteiger partial charge in [0.1, 0.15) is 0 Å². The Morgan fingerprint density at radius 1 is 1.00 bits per heavy atom. The standard InChI is InChI=1S/C32H35N5O5/c1-36(2)25-15-16-37(20-25)17-18-42-35-30(38)22-9-12-24(13-10-22)33-29(21-7-5-4-6-8-21)28-26-14-11-23(32(40)41-3)19-27(26)34-31(28)39/h4-14,19,25,33H,15-18,20H2,1-3H3,(H,34,39)(H,35,38)/b29-28-/t25-/m0/s1. The van der Waals surface area contributed by atoms with Crippen LogP contribution in [-0.2, 0) is 14.4 Å². The molecular weight excluding hydrogens is 534 g/mol. The number of methoxy groups -OCH3 is 1. The number of esters is 1.